The van der Waals surface area contributed by atoms with Gasteiger partial charge in [0.2, 0.25) is 0 Å². The molecule has 4 heteroatoms. The van der Waals surface area contributed by atoms with Gasteiger partial charge < -0.3 is 11.1 Å². The normalized spacial score (nSPS) is 10.7. The first kappa shape index (κ1) is 12.6. The Kier molecular flexibility index (Phi) is 3.56. The van der Waals surface area contributed by atoms with Crippen LogP contribution in [-0.4, -0.2) is 9.97 Å². The summed E-state index contributed by atoms with van der Waals surface area (Å²) in [5.74, 6) is 1.45. The molecule has 0 amide bonds. The third kappa shape index (κ3) is 2.60. The molecule has 100 valence electrons. The summed E-state index contributed by atoms with van der Waals surface area (Å²) in [6.07, 6.45) is 1.72. The molecule has 0 atom stereocenters. The van der Waals surface area contributed by atoms with Gasteiger partial charge in [0.25, 0.3) is 0 Å². The average molecular weight is 264 g/mol. The molecule has 1 heterocycles. The average Bonchev–Trinajstić information content (AvgIpc) is 2.53. The molecule has 0 fully saturated rings. The zero-order valence-corrected chi connectivity index (χ0v) is 11.1. The topological polar surface area (TPSA) is 63.8 Å². The Morgan fingerprint density at radius 2 is 1.85 bits per heavy atom. The number of hydrogen-bond donors (Lipinski definition) is 2. The second-order valence-electron chi connectivity index (χ2n) is 4.55. The standard InChI is InChI=1S/C16H16N4/c17-10-16-18-9-8-15(20-16)19-11-13-6-3-5-12-4-1-2-7-14(12)13/h1-9H,10-11,17H2,(H,18,19,20). The van der Waals surface area contributed by atoms with E-state index in [4.69, 9.17) is 5.73 Å². The molecule has 0 aliphatic heterocycles. The van der Waals surface area contributed by atoms with Gasteiger partial charge in [-0.2, -0.15) is 0 Å². The number of fused-ring (bicyclic) bond motifs is 1. The highest BCUT2D eigenvalue weighted by atomic mass is 15.0. The van der Waals surface area contributed by atoms with Crippen molar-refractivity contribution in [1.29, 1.82) is 0 Å². The van der Waals surface area contributed by atoms with Gasteiger partial charge in [0, 0.05) is 12.7 Å². The van der Waals surface area contributed by atoms with Crippen LogP contribution in [0.5, 0.6) is 0 Å². The third-order valence-electron chi connectivity index (χ3n) is 3.23. The molecule has 0 bridgehead atoms. The molecular formula is C16H16N4. The lowest BCUT2D eigenvalue weighted by Gasteiger charge is -2.09. The summed E-state index contributed by atoms with van der Waals surface area (Å²) in [7, 11) is 0. The molecule has 0 unspecified atom stereocenters. The number of anilines is 1. The lowest BCUT2D eigenvalue weighted by molar-refractivity contribution is 0.905. The lowest BCUT2D eigenvalue weighted by Crippen LogP contribution is -2.07. The first-order valence-corrected chi connectivity index (χ1v) is 6.59. The van der Waals surface area contributed by atoms with Crippen LogP contribution in [0.4, 0.5) is 5.82 Å². The smallest absolute Gasteiger partial charge is 0.144 e. The minimum Gasteiger partial charge on any atom is -0.366 e. The van der Waals surface area contributed by atoms with Gasteiger partial charge in [-0.3, -0.25) is 0 Å². The number of aromatic nitrogens is 2. The molecular weight excluding hydrogens is 248 g/mol. The highest BCUT2D eigenvalue weighted by Crippen LogP contribution is 2.19. The predicted octanol–water partition coefficient (Wildman–Crippen LogP) is 2.70. The lowest BCUT2D eigenvalue weighted by atomic mass is 10.0. The van der Waals surface area contributed by atoms with Crippen molar-refractivity contribution in [3.05, 3.63) is 66.1 Å². The summed E-state index contributed by atoms with van der Waals surface area (Å²) in [6.45, 7) is 1.08. The van der Waals surface area contributed by atoms with Crippen LogP contribution in [0, 0.1) is 0 Å². The summed E-state index contributed by atoms with van der Waals surface area (Å²) < 4.78 is 0. The Bertz CT molecular complexity index is 719. The van der Waals surface area contributed by atoms with E-state index in [9.17, 15) is 0 Å². The quantitative estimate of drug-likeness (QED) is 0.760. The van der Waals surface area contributed by atoms with E-state index in [1.54, 1.807) is 6.20 Å². The zero-order chi connectivity index (χ0) is 13.8. The van der Waals surface area contributed by atoms with Crippen molar-refractivity contribution in [2.24, 2.45) is 5.73 Å². The Morgan fingerprint density at radius 3 is 2.75 bits per heavy atom. The van der Waals surface area contributed by atoms with E-state index >= 15 is 0 Å². The van der Waals surface area contributed by atoms with Crippen molar-refractivity contribution in [3.8, 4) is 0 Å². The van der Waals surface area contributed by atoms with Gasteiger partial charge >= 0.3 is 0 Å². The molecule has 0 saturated carbocycles. The fourth-order valence-corrected chi connectivity index (χ4v) is 2.23. The second-order valence-corrected chi connectivity index (χ2v) is 4.55. The predicted molar refractivity (Wildman–Crippen MR) is 81.2 cm³/mol. The molecule has 2 aromatic carbocycles. The molecule has 0 aliphatic carbocycles. The van der Waals surface area contributed by atoms with Crippen LogP contribution in [0.3, 0.4) is 0 Å². The van der Waals surface area contributed by atoms with Crippen LogP contribution in [-0.2, 0) is 13.1 Å². The monoisotopic (exact) mass is 264 g/mol. The van der Waals surface area contributed by atoms with E-state index in [0.29, 0.717) is 12.4 Å². The summed E-state index contributed by atoms with van der Waals surface area (Å²) >= 11 is 0. The van der Waals surface area contributed by atoms with Gasteiger partial charge in [-0.25, -0.2) is 9.97 Å². The highest BCUT2D eigenvalue weighted by Gasteiger charge is 2.01. The zero-order valence-electron chi connectivity index (χ0n) is 11.1. The summed E-state index contributed by atoms with van der Waals surface area (Å²) in [5, 5.41) is 5.83. The number of rotatable bonds is 4. The number of benzene rings is 2. The minimum atomic E-state index is 0.351. The summed E-state index contributed by atoms with van der Waals surface area (Å²) in [5.41, 5.74) is 6.79. The van der Waals surface area contributed by atoms with E-state index in [0.717, 1.165) is 12.4 Å². The number of hydrogen-bond acceptors (Lipinski definition) is 4. The van der Waals surface area contributed by atoms with Crippen LogP contribution < -0.4 is 11.1 Å². The Balaban J connectivity index is 1.83. The molecule has 0 saturated heterocycles. The molecule has 3 N–H and O–H groups in total. The molecule has 3 rings (SSSR count). The van der Waals surface area contributed by atoms with Crippen molar-refractivity contribution >= 4 is 16.6 Å². The maximum Gasteiger partial charge on any atom is 0.144 e. The van der Waals surface area contributed by atoms with Crippen molar-refractivity contribution < 1.29 is 0 Å². The van der Waals surface area contributed by atoms with Gasteiger partial charge in [-0.1, -0.05) is 42.5 Å². The largest absolute Gasteiger partial charge is 0.366 e. The summed E-state index contributed by atoms with van der Waals surface area (Å²) in [4.78, 5) is 8.43. The number of nitrogens with two attached hydrogens (primary N) is 1. The third-order valence-corrected chi connectivity index (χ3v) is 3.23. The summed E-state index contributed by atoms with van der Waals surface area (Å²) in [6, 6.07) is 16.5. The van der Waals surface area contributed by atoms with Gasteiger partial charge in [0.05, 0.1) is 6.54 Å². The van der Waals surface area contributed by atoms with Crippen LogP contribution >= 0.6 is 0 Å². The first-order valence-electron chi connectivity index (χ1n) is 6.59. The van der Waals surface area contributed by atoms with Gasteiger partial charge in [0.1, 0.15) is 11.6 Å². The van der Waals surface area contributed by atoms with Crippen LogP contribution in [0.1, 0.15) is 11.4 Å². The molecule has 0 spiro atoms. The number of nitrogens with one attached hydrogen (secondary N) is 1. The Labute approximate surface area is 117 Å². The fourth-order valence-electron chi connectivity index (χ4n) is 2.23. The first-order chi connectivity index (χ1) is 9.86. The van der Waals surface area contributed by atoms with Gasteiger partial charge in [-0.05, 0) is 22.4 Å². The van der Waals surface area contributed by atoms with E-state index in [1.165, 1.54) is 16.3 Å². The Morgan fingerprint density at radius 1 is 1.00 bits per heavy atom. The molecule has 4 nitrogen and oxygen atoms in total. The van der Waals surface area contributed by atoms with Crippen molar-refractivity contribution in [2.75, 3.05) is 5.32 Å². The van der Waals surface area contributed by atoms with E-state index in [2.05, 4.69) is 57.7 Å². The van der Waals surface area contributed by atoms with E-state index in [-0.39, 0.29) is 0 Å². The fraction of sp³-hybridized carbons (Fsp3) is 0.125. The Hall–Kier alpha value is -2.46. The molecule has 3 aromatic rings. The van der Waals surface area contributed by atoms with Crippen molar-refractivity contribution in [3.63, 3.8) is 0 Å². The van der Waals surface area contributed by atoms with Crippen LogP contribution in [0.2, 0.25) is 0 Å². The van der Waals surface area contributed by atoms with Gasteiger partial charge in [-0.15, -0.1) is 0 Å². The van der Waals surface area contributed by atoms with E-state index < -0.39 is 0 Å². The van der Waals surface area contributed by atoms with Gasteiger partial charge in [0.15, 0.2) is 0 Å². The van der Waals surface area contributed by atoms with Crippen LogP contribution in [0.25, 0.3) is 10.8 Å². The van der Waals surface area contributed by atoms with Crippen molar-refractivity contribution in [2.45, 2.75) is 13.1 Å². The number of nitrogens with zero attached hydrogens (tertiary/aromatic N) is 2. The van der Waals surface area contributed by atoms with E-state index in [1.807, 2.05) is 6.07 Å². The second kappa shape index (κ2) is 5.67. The maximum absolute atomic E-state index is 5.55. The maximum atomic E-state index is 5.55. The minimum absolute atomic E-state index is 0.351. The SMILES string of the molecule is NCc1nccc(NCc2cccc3ccccc23)n1. The molecule has 20 heavy (non-hydrogen) atoms. The van der Waals surface area contributed by atoms with Crippen molar-refractivity contribution in [1.82, 2.24) is 9.97 Å². The molecule has 0 radical (unpaired) electrons. The molecule has 0 aliphatic rings. The molecule has 1 aromatic heterocycles. The van der Waals surface area contributed by atoms with Crippen LogP contribution in [0.15, 0.2) is 54.7 Å². The highest BCUT2D eigenvalue weighted by molar-refractivity contribution is 5.85.